The standard InChI is InChI=1S/C12H20N4O/c13-7-9-1-3-10(4-2-9)12(17)16-8-11-14-5-6-15-11/h5-6,9-10H,1-4,7-8,13H2,(H,14,15)(H,16,17). The van der Waals surface area contributed by atoms with Crippen molar-refractivity contribution < 1.29 is 4.79 Å². The molecule has 0 radical (unpaired) electrons. The van der Waals surface area contributed by atoms with Gasteiger partial charge in [0.2, 0.25) is 5.91 Å². The van der Waals surface area contributed by atoms with Gasteiger partial charge in [-0.15, -0.1) is 0 Å². The molecule has 0 bridgehead atoms. The molecule has 0 saturated heterocycles. The Morgan fingerprint density at radius 2 is 2.24 bits per heavy atom. The number of aromatic amines is 1. The summed E-state index contributed by atoms with van der Waals surface area (Å²) in [7, 11) is 0. The lowest BCUT2D eigenvalue weighted by Crippen LogP contribution is -2.34. The highest BCUT2D eigenvalue weighted by Gasteiger charge is 2.25. The zero-order valence-corrected chi connectivity index (χ0v) is 9.98. The molecular weight excluding hydrogens is 216 g/mol. The van der Waals surface area contributed by atoms with E-state index in [1.165, 1.54) is 0 Å². The average Bonchev–Trinajstić information content (AvgIpc) is 2.89. The highest BCUT2D eigenvalue weighted by molar-refractivity contribution is 5.78. The van der Waals surface area contributed by atoms with Gasteiger partial charge in [-0.1, -0.05) is 0 Å². The molecule has 1 heterocycles. The molecule has 17 heavy (non-hydrogen) atoms. The Morgan fingerprint density at radius 1 is 1.47 bits per heavy atom. The Hall–Kier alpha value is -1.36. The van der Waals surface area contributed by atoms with Gasteiger partial charge < -0.3 is 16.0 Å². The maximum Gasteiger partial charge on any atom is 0.223 e. The molecule has 0 atom stereocenters. The van der Waals surface area contributed by atoms with Gasteiger partial charge in [0.1, 0.15) is 5.82 Å². The van der Waals surface area contributed by atoms with Crippen LogP contribution in [0.25, 0.3) is 0 Å². The summed E-state index contributed by atoms with van der Waals surface area (Å²) >= 11 is 0. The first-order valence-electron chi connectivity index (χ1n) is 6.25. The number of aromatic nitrogens is 2. The van der Waals surface area contributed by atoms with Crippen molar-refractivity contribution in [1.29, 1.82) is 0 Å². The second-order valence-electron chi connectivity index (χ2n) is 4.71. The second-order valence-corrected chi connectivity index (χ2v) is 4.71. The van der Waals surface area contributed by atoms with Gasteiger partial charge >= 0.3 is 0 Å². The van der Waals surface area contributed by atoms with E-state index in [2.05, 4.69) is 15.3 Å². The number of nitrogens with one attached hydrogen (secondary N) is 2. The number of hydrogen-bond acceptors (Lipinski definition) is 3. The number of H-pyrrole nitrogens is 1. The van der Waals surface area contributed by atoms with Crippen molar-refractivity contribution in [3.63, 3.8) is 0 Å². The molecule has 1 amide bonds. The van der Waals surface area contributed by atoms with Crippen molar-refractivity contribution in [2.45, 2.75) is 32.2 Å². The molecule has 2 rings (SSSR count). The van der Waals surface area contributed by atoms with E-state index in [0.29, 0.717) is 12.5 Å². The first-order chi connectivity index (χ1) is 8.29. The molecule has 1 aliphatic carbocycles. The monoisotopic (exact) mass is 236 g/mol. The van der Waals surface area contributed by atoms with Crippen LogP contribution in [0.2, 0.25) is 0 Å². The van der Waals surface area contributed by atoms with Gasteiger partial charge in [0.15, 0.2) is 0 Å². The molecule has 1 fully saturated rings. The van der Waals surface area contributed by atoms with Crippen molar-refractivity contribution in [1.82, 2.24) is 15.3 Å². The number of rotatable bonds is 4. The molecular formula is C12H20N4O. The molecule has 1 aromatic rings. The van der Waals surface area contributed by atoms with E-state index in [9.17, 15) is 4.79 Å². The number of carbonyl (C=O) groups excluding carboxylic acids is 1. The molecule has 94 valence electrons. The van der Waals surface area contributed by atoms with Crippen LogP contribution in [-0.4, -0.2) is 22.4 Å². The third-order valence-electron chi connectivity index (χ3n) is 3.54. The van der Waals surface area contributed by atoms with E-state index in [4.69, 9.17) is 5.73 Å². The molecule has 4 N–H and O–H groups in total. The van der Waals surface area contributed by atoms with E-state index in [-0.39, 0.29) is 11.8 Å². The minimum Gasteiger partial charge on any atom is -0.349 e. The van der Waals surface area contributed by atoms with Gasteiger partial charge in [0.05, 0.1) is 6.54 Å². The van der Waals surface area contributed by atoms with Gasteiger partial charge in [-0.05, 0) is 38.1 Å². The van der Waals surface area contributed by atoms with Gasteiger partial charge in [-0.2, -0.15) is 0 Å². The van der Waals surface area contributed by atoms with Crippen LogP contribution in [0, 0.1) is 11.8 Å². The van der Waals surface area contributed by atoms with E-state index < -0.39 is 0 Å². The minimum atomic E-state index is 0.150. The summed E-state index contributed by atoms with van der Waals surface area (Å²) < 4.78 is 0. The summed E-state index contributed by atoms with van der Waals surface area (Å²) in [6.45, 7) is 1.24. The molecule has 1 aromatic heterocycles. The van der Waals surface area contributed by atoms with Crippen LogP contribution in [0.4, 0.5) is 0 Å². The quantitative estimate of drug-likeness (QED) is 0.722. The van der Waals surface area contributed by atoms with Crippen molar-refractivity contribution in [3.05, 3.63) is 18.2 Å². The number of hydrogen-bond donors (Lipinski definition) is 3. The van der Waals surface area contributed by atoms with Crippen LogP contribution < -0.4 is 11.1 Å². The number of carbonyl (C=O) groups is 1. The molecule has 5 nitrogen and oxygen atoms in total. The van der Waals surface area contributed by atoms with Crippen LogP contribution in [0.15, 0.2) is 12.4 Å². The van der Waals surface area contributed by atoms with Gasteiger partial charge in [-0.25, -0.2) is 4.98 Å². The van der Waals surface area contributed by atoms with Crippen molar-refractivity contribution in [2.24, 2.45) is 17.6 Å². The van der Waals surface area contributed by atoms with Crippen LogP contribution in [0.1, 0.15) is 31.5 Å². The largest absolute Gasteiger partial charge is 0.349 e. The summed E-state index contributed by atoms with van der Waals surface area (Å²) in [5.74, 6) is 1.72. The summed E-state index contributed by atoms with van der Waals surface area (Å²) in [6, 6.07) is 0. The zero-order chi connectivity index (χ0) is 12.1. The lowest BCUT2D eigenvalue weighted by atomic mass is 9.81. The van der Waals surface area contributed by atoms with E-state index in [1.807, 2.05) is 0 Å². The van der Waals surface area contributed by atoms with Gasteiger partial charge in [-0.3, -0.25) is 4.79 Å². The lowest BCUT2D eigenvalue weighted by Gasteiger charge is -2.26. The first kappa shape index (κ1) is 12.1. The zero-order valence-electron chi connectivity index (χ0n) is 9.98. The topological polar surface area (TPSA) is 83.8 Å². The Balaban J connectivity index is 1.73. The molecule has 5 heteroatoms. The summed E-state index contributed by atoms with van der Waals surface area (Å²) in [5, 5.41) is 2.92. The third-order valence-corrected chi connectivity index (χ3v) is 3.54. The summed E-state index contributed by atoms with van der Waals surface area (Å²) in [6.07, 6.45) is 7.53. The maximum atomic E-state index is 11.9. The van der Waals surface area contributed by atoms with E-state index in [1.54, 1.807) is 12.4 Å². The molecule has 0 aromatic carbocycles. The fourth-order valence-corrected chi connectivity index (χ4v) is 2.37. The first-order valence-corrected chi connectivity index (χ1v) is 6.25. The lowest BCUT2D eigenvalue weighted by molar-refractivity contribution is -0.126. The third kappa shape index (κ3) is 3.30. The Morgan fingerprint density at radius 3 is 2.82 bits per heavy atom. The van der Waals surface area contributed by atoms with Crippen molar-refractivity contribution in [3.8, 4) is 0 Å². The Labute approximate surface area is 101 Å². The molecule has 0 unspecified atom stereocenters. The molecule has 1 aliphatic rings. The van der Waals surface area contributed by atoms with Crippen molar-refractivity contribution in [2.75, 3.05) is 6.54 Å². The fourth-order valence-electron chi connectivity index (χ4n) is 2.37. The summed E-state index contributed by atoms with van der Waals surface area (Å²) in [4.78, 5) is 18.9. The van der Waals surface area contributed by atoms with E-state index in [0.717, 1.165) is 38.1 Å². The maximum absolute atomic E-state index is 11.9. The van der Waals surface area contributed by atoms with Gasteiger partial charge in [0.25, 0.3) is 0 Å². The highest BCUT2D eigenvalue weighted by atomic mass is 16.1. The van der Waals surface area contributed by atoms with Crippen molar-refractivity contribution >= 4 is 5.91 Å². The normalized spacial score (nSPS) is 24.5. The number of amides is 1. The summed E-state index contributed by atoms with van der Waals surface area (Å²) in [5.41, 5.74) is 5.63. The molecule has 0 aliphatic heterocycles. The SMILES string of the molecule is NCC1CCC(C(=O)NCc2ncc[nH]2)CC1. The van der Waals surface area contributed by atoms with Crippen LogP contribution in [0.3, 0.4) is 0 Å². The number of nitrogens with zero attached hydrogens (tertiary/aromatic N) is 1. The van der Waals surface area contributed by atoms with Crippen LogP contribution >= 0.6 is 0 Å². The Kier molecular flexibility index (Phi) is 4.14. The highest BCUT2D eigenvalue weighted by Crippen LogP contribution is 2.28. The van der Waals surface area contributed by atoms with Crippen LogP contribution in [-0.2, 0) is 11.3 Å². The molecule has 1 saturated carbocycles. The van der Waals surface area contributed by atoms with E-state index >= 15 is 0 Å². The predicted octanol–water partition coefficient (Wildman–Crippen LogP) is 0.791. The average molecular weight is 236 g/mol. The predicted molar refractivity (Wildman–Crippen MR) is 64.9 cm³/mol. The minimum absolute atomic E-state index is 0.150. The smallest absolute Gasteiger partial charge is 0.223 e. The second kappa shape index (κ2) is 5.82. The van der Waals surface area contributed by atoms with Crippen LogP contribution in [0.5, 0.6) is 0 Å². The fraction of sp³-hybridized carbons (Fsp3) is 0.667. The van der Waals surface area contributed by atoms with Gasteiger partial charge in [0, 0.05) is 18.3 Å². The number of imidazole rings is 1. The Bertz CT molecular complexity index is 341. The number of nitrogens with two attached hydrogens (primary N) is 1. The molecule has 0 spiro atoms.